The zero-order chi connectivity index (χ0) is 26.4. The third kappa shape index (κ3) is 4.83. The van der Waals surface area contributed by atoms with Gasteiger partial charge in [-0.3, -0.25) is 4.21 Å². The van der Waals surface area contributed by atoms with E-state index in [1.807, 2.05) is 36.4 Å². The van der Waals surface area contributed by atoms with Crippen molar-refractivity contribution in [2.24, 2.45) is 5.92 Å². The fraction of sp³-hybridized carbons (Fsp3) is 0.481. The molecule has 2 atom stereocenters. The zero-order valence-electron chi connectivity index (χ0n) is 21.6. The Kier molecular flexibility index (Phi) is 6.69. The largest absolute Gasteiger partial charge is 0.772 e. The molecule has 0 bridgehead atoms. The van der Waals surface area contributed by atoms with E-state index in [0.717, 1.165) is 58.9 Å². The van der Waals surface area contributed by atoms with Crippen LogP contribution in [0.3, 0.4) is 0 Å². The first-order valence-corrected chi connectivity index (χ1v) is 14.9. The van der Waals surface area contributed by atoms with Crippen LogP contribution in [-0.2, 0) is 15.8 Å². The van der Waals surface area contributed by atoms with Gasteiger partial charge in [-0.2, -0.15) is 4.98 Å². The first-order chi connectivity index (χ1) is 18.3. The lowest BCUT2D eigenvalue weighted by Crippen LogP contribution is -2.38. The molecule has 38 heavy (non-hydrogen) atoms. The SMILES string of the molecule is CC(C)c1noc(N2CCC([C@H](C)Oc3nc4ccc(-c5ccc(C6(S(=O)[O-])CC6)cc5)nc4s3)CC2)n1. The highest BCUT2D eigenvalue weighted by molar-refractivity contribution is 7.80. The Morgan fingerprint density at radius 3 is 2.45 bits per heavy atom. The van der Waals surface area contributed by atoms with Gasteiger partial charge in [0, 0.05) is 24.6 Å². The number of nitrogens with zero attached hydrogens (tertiary/aromatic N) is 5. The number of fused-ring (bicyclic) bond motifs is 1. The maximum absolute atomic E-state index is 11.6. The van der Waals surface area contributed by atoms with Crippen LogP contribution in [0.25, 0.3) is 21.6 Å². The summed E-state index contributed by atoms with van der Waals surface area (Å²) < 4.78 is 34.3. The molecule has 200 valence electrons. The van der Waals surface area contributed by atoms with E-state index in [0.29, 0.717) is 30.0 Å². The van der Waals surface area contributed by atoms with Crippen LogP contribution in [0.2, 0.25) is 0 Å². The number of rotatable bonds is 8. The molecule has 0 N–H and O–H groups in total. The lowest BCUT2D eigenvalue weighted by molar-refractivity contribution is 0.131. The molecule has 4 heterocycles. The Labute approximate surface area is 227 Å². The van der Waals surface area contributed by atoms with Gasteiger partial charge in [-0.15, -0.1) is 0 Å². The molecule has 0 amide bonds. The summed E-state index contributed by atoms with van der Waals surface area (Å²) in [5, 5.41) is 4.71. The van der Waals surface area contributed by atoms with Crippen molar-refractivity contribution in [3.63, 3.8) is 0 Å². The molecule has 6 rings (SSSR count). The van der Waals surface area contributed by atoms with Crippen LogP contribution >= 0.6 is 11.3 Å². The first kappa shape index (κ1) is 25.4. The Morgan fingerprint density at radius 2 is 1.82 bits per heavy atom. The smallest absolute Gasteiger partial charge is 0.324 e. The van der Waals surface area contributed by atoms with Gasteiger partial charge in [0.15, 0.2) is 5.82 Å². The molecular formula is C27H30N5O4S2-. The number of anilines is 1. The maximum Gasteiger partial charge on any atom is 0.324 e. The van der Waals surface area contributed by atoms with E-state index in [9.17, 15) is 8.76 Å². The number of benzene rings is 1. The fourth-order valence-electron chi connectivity index (χ4n) is 5.02. The average Bonchev–Trinajstić information content (AvgIpc) is 3.41. The Balaban J connectivity index is 1.09. The topological polar surface area (TPSA) is 117 Å². The van der Waals surface area contributed by atoms with E-state index in [4.69, 9.17) is 14.2 Å². The number of thiazole rings is 1. The second-order valence-electron chi connectivity index (χ2n) is 10.5. The third-order valence-electron chi connectivity index (χ3n) is 7.67. The molecule has 1 aliphatic heterocycles. The number of ether oxygens (including phenoxy) is 1. The van der Waals surface area contributed by atoms with Crippen molar-refractivity contribution in [3.8, 4) is 16.5 Å². The van der Waals surface area contributed by atoms with Gasteiger partial charge in [-0.1, -0.05) is 54.6 Å². The van der Waals surface area contributed by atoms with Crippen LogP contribution in [0.4, 0.5) is 6.01 Å². The van der Waals surface area contributed by atoms with Crippen molar-refractivity contribution in [2.45, 2.75) is 63.2 Å². The summed E-state index contributed by atoms with van der Waals surface area (Å²) in [5.74, 6) is 1.40. The Bertz CT molecular complexity index is 1460. The van der Waals surface area contributed by atoms with Gasteiger partial charge in [0.2, 0.25) is 0 Å². The van der Waals surface area contributed by atoms with E-state index in [1.54, 1.807) is 0 Å². The predicted octanol–water partition coefficient (Wildman–Crippen LogP) is 5.42. The number of hydrogen-bond acceptors (Lipinski definition) is 10. The van der Waals surface area contributed by atoms with Gasteiger partial charge in [-0.05, 0) is 67.3 Å². The van der Waals surface area contributed by atoms with Crippen LogP contribution in [-0.4, -0.2) is 48.1 Å². The van der Waals surface area contributed by atoms with Gasteiger partial charge < -0.3 is 18.7 Å². The van der Waals surface area contributed by atoms with Crippen LogP contribution in [0, 0.1) is 5.92 Å². The molecule has 4 aromatic rings. The zero-order valence-corrected chi connectivity index (χ0v) is 23.3. The van der Waals surface area contributed by atoms with E-state index < -0.39 is 15.8 Å². The van der Waals surface area contributed by atoms with Gasteiger partial charge in [0.1, 0.15) is 16.5 Å². The molecule has 1 saturated carbocycles. The van der Waals surface area contributed by atoms with Crippen molar-refractivity contribution in [3.05, 3.63) is 47.8 Å². The summed E-state index contributed by atoms with van der Waals surface area (Å²) in [6, 6.07) is 12.2. The van der Waals surface area contributed by atoms with Crippen LogP contribution in [0.5, 0.6) is 5.19 Å². The van der Waals surface area contributed by atoms with Crippen molar-refractivity contribution < 1.29 is 18.0 Å². The van der Waals surface area contributed by atoms with Gasteiger partial charge in [0.25, 0.3) is 5.19 Å². The highest BCUT2D eigenvalue weighted by Gasteiger charge is 2.45. The normalized spacial score (nSPS) is 19.1. The average molecular weight is 553 g/mol. The van der Waals surface area contributed by atoms with Gasteiger partial charge in [-0.25, -0.2) is 9.97 Å². The van der Waals surface area contributed by atoms with E-state index >= 15 is 0 Å². The van der Waals surface area contributed by atoms with Gasteiger partial charge >= 0.3 is 6.01 Å². The summed E-state index contributed by atoms with van der Waals surface area (Å²) in [6.07, 6.45) is 3.35. The van der Waals surface area contributed by atoms with Crippen molar-refractivity contribution in [2.75, 3.05) is 18.0 Å². The molecule has 0 radical (unpaired) electrons. The summed E-state index contributed by atoms with van der Waals surface area (Å²) in [4.78, 5) is 17.0. The number of piperidine rings is 1. The number of pyridine rings is 1. The third-order valence-corrected chi connectivity index (χ3v) is 9.81. The fourth-order valence-corrected chi connectivity index (χ4v) is 6.66. The quantitative estimate of drug-likeness (QED) is 0.264. The molecule has 9 nitrogen and oxygen atoms in total. The van der Waals surface area contributed by atoms with Crippen molar-refractivity contribution in [1.29, 1.82) is 0 Å². The summed E-state index contributed by atoms with van der Waals surface area (Å²) in [7, 11) is 0. The highest BCUT2D eigenvalue weighted by atomic mass is 32.2. The second kappa shape index (κ2) is 10.0. The minimum atomic E-state index is -2.10. The minimum absolute atomic E-state index is 0.0277. The van der Waals surface area contributed by atoms with E-state index in [-0.39, 0.29) is 12.0 Å². The number of aromatic nitrogens is 4. The molecule has 11 heteroatoms. The Hall–Kier alpha value is -2.89. The van der Waals surface area contributed by atoms with Crippen LogP contribution < -0.4 is 9.64 Å². The second-order valence-corrected chi connectivity index (χ2v) is 12.7. The van der Waals surface area contributed by atoms with Gasteiger partial charge in [0.05, 0.1) is 10.4 Å². The number of hydrogen-bond donors (Lipinski definition) is 0. The summed E-state index contributed by atoms with van der Waals surface area (Å²) in [5.41, 5.74) is 3.43. The minimum Gasteiger partial charge on any atom is -0.772 e. The molecule has 2 fully saturated rings. The predicted molar refractivity (Wildman–Crippen MR) is 146 cm³/mol. The van der Waals surface area contributed by atoms with Crippen LogP contribution in [0.15, 0.2) is 40.9 Å². The van der Waals surface area contributed by atoms with E-state index in [2.05, 4.69) is 40.8 Å². The Morgan fingerprint density at radius 1 is 1.08 bits per heavy atom. The molecule has 1 aliphatic carbocycles. The lowest BCUT2D eigenvalue weighted by Gasteiger charge is -2.33. The lowest BCUT2D eigenvalue weighted by atomic mass is 9.92. The maximum atomic E-state index is 11.6. The highest BCUT2D eigenvalue weighted by Crippen LogP contribution is 2.50. The van der Waals surface area contributed by atoms with E-state index in [1.165, 1.54) is 11.3 Å². The molecule has 1 aromatic carbocycles. The molecule has 0 spiro atoms. The first-order valence-electron chi connectivity index (χ1n) is 13.1. The monoisotopic (exact) mass is 552 g/mol. The molecule has 1 unspecified atom stereocenters. The molecule has 1 saturated heterocycles. The summed E-state index contributed by atoms with van der Waals surface area (Å²) in [6.45, 7) is 7.93. The standard InChI is InChI=1S/C27H31N5O4S2/c1-16(2)23-30-25(36-31-23)32-14-10-18(11-15-32)17(3)35-26-29-22-9-8-21(28-24(22)37-26)19-4-6-20(7-5-19)27(12-13-27)38(33)34/h4-9,16-18H,10-15H2,1-3H3,(H,33,34)/p-1/t17-/m0/s1. The molecular weight excluding hydrogens is 522 g/mol. The van der Waals surface area contributed by atoms with Crippen LogP contribution in [0.1, 0.15) is 63.8 Å². The summed E-state index contributed by atoms with van der Waals surface area (Å²) >= 11 is -0.647. The van der Waals surface area contributed by atoms with Crippen molar-refractivity contribution >= 4 is 38.8 Å². The molecule has 2 aliphatic rings. The van der Waals surface area contributed by atoms with Crippen molar-refractivity contribution in [1.82, 2.24) is 20.1 Å². The molecule has 3 aromatic heterocycles.